The monoisotopic (exact) mass is 368 g/mol. The number of carboxylic acid groups (broad SMARTS) is 1. The Bertz CT molecular complexity index is 330. The molecular formula is C17H33KN2O4. The number of carbonyl (C=O) groups excluding carboxylic acids is 1. The molecule has 0 aliphatic carbocycles. The summed E-state index contributed by atoms with van der Waals surface area (Å²) >= 11 is 0. The van der Waals surface area contributed by atoms with Crippen molar-refractivity contribution in [1.29, 1.82) is 0 Å². The minimum absolute atomic E-state index is 0. The van der Waals surface area contributed by atoms with Crippen molar-refractivity contribution in [2.75, 3.05) is 32.7 Å². The average molecular weight is 369 g/mol. The van der Waals surface area contributed by atoms with Gasteiger partial charge in [-0.15, -0.1) is 0 Å². The van der Waals surface area contributed by atoms with Crippen LogP contribution in [0.4, 0.5) is 0 Å². The molecule has 0 radical (unpaired) electrons. The summed E-state index contributed by atoms with van der Waals surface area (Å²) in [5.41, 5.74) is 0. The Morgan fingerprint density at radius 2 is 2.00 bits per heavy atom. The Morgan fingerprint density at radius 3 is 2.58 bits per heavy atom. The fraction of sp³-hybridized carbons (Fsp3) is 0.824. The molecule has 24 heavy (non-hydrogen) atoms. The van der Waals surface area contributed by atoms with E-state index in [1.807, 2.05) is 17.9 Å². The molecule has 0 aromatic rings. The molecule has 0 aliphatic rings. The number of carboxylic acids is 1. The third-order valence-corrected chi connectivity index (χ3v) is 3.55. The van der Waals surface area contributed by atoms with E-state index < -0.39 is 12.1 Å². The zero-order chi connectivity index (χ0) is 17.5. The minimum Gasteiger partial charge on any atom is -0.550 e. The topological polar surface area (TPSA) is 95.9 Å². The van der Waals surface area contributed by atoms with Gasteiger partial charge in [-0.05, 0) is 19.3 Å². The van der Waals surface area contributed by atoms with E-state index in [1.54, 1.807) is 6.08 Å². The van der Waals surface area contributed by atoms with E-state index in [4.69, 9.17) is 0 Å². The van der Waals surface area contributed by atoms with E-state index >= 15 is 0 Å². The quantitative estimate of drug-likeness (QED) is 0.161. The molecule has 0 heterocycles. The number of aliphatic hydroxyl groups is 2. The maximum absolute atomic E-state index is 10.6. The summed E-state index contributed by atoms with van der Waals surface area (Å²) < 4.78 is 0. The van der Waals surface area contributed by atoms with Crippen molar-refractivity contribution < 1.29 is 71.5 Å². The van der Waals surface area contributed by atoms with Gasteiger partial charge in [-0.2, -0.15) is 0 Å². The predicted octanol–water partition coefficient (Wildman–Crippen LogP) is -3.10. The van der Waals surface area contributed by atoms with Crippen molar-refractivity contribution in [2.45, 2.75) is 58.2 Å². The number of aliphatic carboxylic acids is 1. The van der Waals surface area contributed by atoms with E-state index in [0.29, 0.717) is 32.7 Å². The first-order chi connectivity index (χ1) is 11.0. The fourth-order valence-electron chi connectivity index (χ4n) is 2.21. The van der Waals surface area contributed by atoms with Crippen LogP contribution in [0.5, 0.6) is 0 Å². The normalized spacial score (nSPS) is 13.9. The van der Waals surface area contributed by atoms with Crippen molar-refractivity contribution >= 4 is 5.97 Å². The van der Waals surface area contributed by atoms with E-state index in [1.165, 1.54) is 0 Å². The number of nitrogens with zero attached hydrogens (tertiary/aromatic N) is 1. The smallest absolute Gasteiger partial charge is 0.550 e. The standard InChI is InChI=1S/C17H34N2O4.K/c1-3-5-7-15(20)13-18-10-12-19(11-9-17(22)23)14-16(21)8-6-4-2;/h6,8,15-16,18,20-21H,3-5,7,9-14H2,1-2H3,(H,22,23);/q;+1/p-1/b8-6+;. The zero-order valence-electron chi connectivity index (χ0n) is 15.5. The molecule has 6 nitrogen and oxygen atoms in total. The van der Waals surface area contributed by atoms with Crippen LogP contribution in [-0.4, -0.2) is 66.0 Å². The maximum atomic E-state index is 10.6. The van der Waals surface area contributed by atoms with Crippen LogP contribution >= 0.6 is 0 Å². The summed E-state index contributed by atoms with van der Waals surface area (Å²) in [6.45, 7) is 6.61. The second kappa shape index (κ2) is 18.5. The first-order valence-electron chi connectivity index (χ1n) is 8.65. The summed E-state index contributed by atoms with van der Waals surface area (Å²) in [4.78, 5) is 12.5. The Kier molecular flexibility index (Phi) is 20.7. The number of carbonyl (C=O) groups is 1. The van der Waals surface area contributed by atoms with Crippen LogP contribution in [0, 0.1) is 0 Å². The van der Waals surface area contributed by atoms with Gasteiger partial charge in [0.25, 0.3) is 0 Å². The molecule has 136 valence electrons. The zero-order valence-corrected chi connectivity index (χ0v) is 18.7. The molecule has 2 atom stereocenters. The molecule has 0 spiro atoms. The molecule has 0 bridgehead atoms. The molecule has 3 N–H and O–H groups in total. The SMILES string of the molecule is CC/C=C/C(O)CN(CCNCC(O)CCCC)CCC(=O)[O-].[K+]. The van der Waals surface area contributed by atoms with Gasteiger partial charge in [-0.3, -0.25) is 4.90 Å². The number of aliphatic hydroxyl groups excluding tert-OH is 2. The number of allylic oxidation sites excluding steroid dienone is 1. The maximum Gasteiger partial charge on any atom is 1.00 e. The Hall–Kier alpha value is 0.686. The van der Waals surface area contributed by atoms with Crippen LogP contribution in [0.15, 0.2) is 12.2 Å². The van der Waals surface area contributed by atoms with Gasteiger partial charge in [0.05, 0.1) is 12.2 Å². The summed E-state index contributed by atoms with van der Waals surface area (Å²) in [7, 11) is 0. The number of rotatable bonds is 15. The van der Waals surface area contributed by atoms with Gasteiger partial charge in [-0.25, -0.2) is 0 Å². The summed E-state index contributed by atoms with van der Waals surface area (Å²) in [5, 5.41) is 33.5. The van der Waals surface area contributed by atoms with Crippen LogP contribution in [0.25, 0.3) is 0 Å². The van der Waals surface area contributed by atoms with Crippen LogP contribution < -0.4 is 61.8 Å². The Morgan fingerprint density at radius 1 is 1.29 bits per heavy atom. The summed E-state index contributed by atoms with van der Waals surface area (Å²) in [6.07, 6.45) is 6.34. The van der Waals surface area contributed by atoms with Crippen molar-refractivity contribution in [2.24, 2.45) is 0 Å². The largest absolute Gasteiger partial charge is 1.00 e. The van der Waals surface area contributed by atoms with Gasteiger partial charge in [-0.1, -0.05) is 38.8 Å². The average Bonchev–Trinajstić information content (AvgIpc) is 2.52. The van der Waals surface area contributed by atoms with Crippen LogP contribution in [-0.2, 0) is 4.79 Å². The molecule has 0 saturated heterocycles. The predicted molar refractivity (Wildman–Crippen MR) is 89.9 cm³/mol. The van der Waals surface area contributed by atoms with Crippen molar-refractivity contribution in [1.82, 2.24) is 10.2 Å². The Labute approximate surface area is 189 Å². The van der Waals surface area contributed by atoms with Crippen LogP contribution in [0.2, 0.25) is 0 Å². The third kappa shape index (κ3) is 17.5. The molecular weight excluding hydrogens is 335 g/mol. The van der Waals surface area contributed by atoms with Crippen LogP contribution in [0.1, 0.15) is 46.0 Å². The van der Waals surface area contributed by atoms with E-state index in [-0.39, 0.29) is 63.9 Å². The fourth-order valence-corrected chi connectivity index (χ4v) is 2.21. The number of hydrogen-bond acceptors (Lipinski definition) is 6. The summed E-state index contributed by atoms with van der Waals surface area (Å²) in [5.74, 6) is -1.09. The molecule has 0 amide bonds. The molecule has 7 heteroatoms. The second-order valence-electron chi connectivity index (χ2n) is 5.83. The number of nitrogens with one attached hydrogen (secondary N) is 1. The summed E-state index contributed by atoms with van der Waals surface area (Å²) in [6, 6.07) is 0. The number of hydrogen-bond donors (Lipinski definition) is 3. The van der Waals surface area contributed by atoms with Crippen LogP contribution in [0.3, 0.4) is 0 Å². The molecule has 0 aromatic carbocycles. The third-order valence-electron chi connectivity index (χ3n) is 3.55. The molecule has 0 saturated carbocycles. The molecule has 0 rings (SSSR count). The van der Waals surface area contributed by atoms with Gasteiger partial charge in [0.2, 0.25) is 0 Å². The van der Waals surface area contributed by atoms with Gasteiger partial charge >= 0.3 is 51.4 Å². The molecule has 0 aliphatic heterocycles. The van der Waals surface area contributed by atoms with Gasteiger partial charge in [0, 0.05) is 38.7 Å². The van der Waals surface area contributed by atoms with Gasteiger partial charge < -0.3 is 25.4 Å². The van der Waals surface area contributed by atoms with E-state index in [9.17, 15) is 20.1 Å². The Balaban J connectivity index is 0. The molecule has 0 aromatic heterocycles. The second-order valence-corrected chi connectivity index (χ2v) is 5.83. The number of unbranched alkanes of at least 4 members (excludes halogenated alkanes) is 1. The first kappa shape index (κ1) is 26.9. The van der Waals surface area contributed by atoms with Crippen molar-refractivity contribution in [3.05, 3.63) is 12.2 Å². The van der Waals surface area contributed by atoms with Crippen molar-refractivity contribution in [3.63, 3.8) is 0 Å². The van der Waals surface area contributed by atoms with E-state index in [2.05, 4.69) is 12.2 Å². The minimum atomic E-state index is -1.09. The molecule has 2 unspecified atom stereocenters. The first-order valence-corrected chi connectivity index (χ1v) is 8.65. The van der Waals surface area contributed by atoms with Gasteiger partial charge in [0.15, 0.2) is 0 Å². The van der Waals surface area contributed by atoms with E-state index in [0.717, 1.165) is 25.7 Å². The van der Waals surface area contributed by atoms with Gasteiger partial charge in [0.1, 0.15) is 0 Å². The molecule has 0 fully saturated rings. The van der Waals surface area contributed by atoms with Crippen molar-refractivity contribution in [3.8, 4) is 0 Å².